The molecule has 6 rings (SSSR count). The summed E-state index contributed by atoms with van der Waals surface area (Å²) in [6, 6.07) is 10.7. The van der Waals surface area contributed by atoms with Crippen LogP contribution in [-0.4, -0.2) is 42.6 Å². The Morgan fingerprint density at radius 1 is 1.08 bits per heavy atom. The number of nitrogens with one attached hydrogen (secondary N) is 2. The van der Waals surface area contributed by atoms with Gasteiger partial charge in [0.15, 0.2) is 17.3 Å². The van der Waals surface area contributed by atoms with Crippen LogP contribution >= 0.6 is 12.4 Å². The van der Waals surface area contributed by atoms with E-state index in [1.54, 1.807) is 41.9 Å². The van der Waals surface area contributed by atoms with Gasteiger partial charge in [0.25, 0.3) is 0 Å². The molecule has 0 radical (unpaired) electrons. The summed E-state index contributed by atoms with van der Waals surface area (Å²) in [5.41, 5.74) is 4.60. The van der Waals surface area contributed by atoms with Crippen LogP contribution in [0, 0.1) is 12.7 Å². The van der Waals surface area contributed by atoms with E-state index < -0.39 is 5.82 Å². The molecule has 0 saturated carbocycles. The van der Waals surface area contributed by atoms with Crippen molar-refractivity contribution in [2.75, 3.05) is 18.4 Å². The Balaban J connectivity index is 0.00000267. The average Bonchev–Trinajstić information content (AvgIpc) is 3.37. The van der Waals surface area contributed by atoms with Crippen LogP contribution in [0.5, 0.6) is 11.5 Å². The first-order valence-corrected chi connectivity index (χ1v) is 11.2. The minimum absolute atomic E-state index is 0. The second-order valence-electron chi connectivity index (χ2n) is 8.17. The molecule has 1 aliphatic rings. The van der Waals surface area contributed by atoms with Gasteiger partial charge >= 0.3 is 0 Å². The van der Waals surface area contributed by atoms with Crippen molar-refractivity contribution in [3.8, 4) is 11.5 Å². The number of anilines is 2. The fourth-order valence-corrected chi connectivity index (χ4v) is 4.05. The minimum Gasteiger partial charge on any atom is -0.457 e. The van der Waals surface area contributed by atoms with Crippen LogP contribution < -0.4 is 15.4 Å². The van der Waals surface area contributed by atoms with Crippen LogP contribution in [0.15, 0.2) is 61.3 Å². The Kier molecular flexibility index (Phi) is 6.45. The highest BCUT2D eigenvalue weighted by Gasteiger charge is 2.16. The molecule has 4 aromatic heterocycles. The number of fused-ring (bicyclic) bond motifs is 2. The number of aromatic nitrogens is 6. The molecule has 5 aromatic rings. The van der Waals surface area contributed by atoms with Crippen LogP contribution in [0.4, 0.5) is 15.9 Å². The van der Waals surface area contributed by atoms with Crippen molar-refractivity contribution < 1.29 is 9.13 Å². The molecular weight excluding hydrogens is 483 g/mol. The topological polar surface area (TPSA) is 102 Å². The third-order valence-electron chi connectivity index (χ3n) is 5.94. The smallest absolute Gasteiger partial charge is 0.160 e. The largest absolute Gasteiger partial charge is 0.457 e. The summed E-state index contributed by atoms with van der Waals surface area (Å²) < 4.78 is 22.9. The van der Waals surface area contributed by atoms with Gasteiger partial charge < -0.3 is 15.4 Å². The van der Waals surface area contributed by atoms with E-state index in [9.17, 15) is 0 Å². The first-order chi connectivity index (χ1) is 17.2. The maximum atomic E-state index is 15.4. The summed E-state index contributed by atoms with van der Waals surface area (Å²) in [7, 11) is 0. The fraction of sp³-hybridized carbons (Fsp3) is 0.160. The summed E-state index contributed by atoms with van der Waals surface area (Å²) in [5, 5.41) is 10.5. The lowest BCUT2D eigenvalue weighted by atomic mass is 10.1. The SMILES string of the molecule is Cc1c(Oc2ccn3ncnc3c2)ccc(Nc2ncnc3ccc(C4=CCNCC4)nc23)c1F.Cl. The molecule has 1 aliphatic heterocycles. The molecule has 0 unspecified atom stereocenters. The number of benzene rings is 1. The molecule has 11 heteroatoms. The molecule has 0 atom stereocenters. The van der Waals surface area contributed by atoms with E-state index in [1.807, 2.05) is 12.1 Å². The van der Waals surface area contributed by atoms with E-state index in [0.29, 0.717) is 39.6 Å². The monoisotopic (exact) mass is 504 g/mol. The normalized spacial score (nSPS) is 13.3. The van der Waals surface area contributed by atoms with Gasteiger partial charge in [-0.3, -0.25) is 0 Å². The molecule has 0 fully saturated rings. The highest BCUT2D eigenvalue weighted by Crippen LogP contribution is 2.33. The van der Waals surface area contributed by atoms with Crippen molar-refractivity contribution >= 4 is 46.2 Å². The molecule has 0 aliphatic carbocycles. The van der Waals surface area contributed by atoms with E-state index in [1.165, 1.54) is 18.2 Å². The number of rotatable bonds is 5. The highest BCUT2D eigenvalue weighted by molar-refractivity contribution is 5.88. The number of pyridine rings is 2. The van der Waals surface area contributed by atoms with Crippen molar-refractivity contribution in [1.29, 1.82) is 0 Å². The van der Waals surface area contributed by atoms with Crippen molar-refractivity contribution in [2.45, 2.75) is 13.3 Å². The van der Waals surface area contributed by atoms with E-state index >= 15 is 4.39 Å². The lowest BCUT2D eigenvalue weighted by Crippen LogP contribution is -2.20. The number of halogens is 2. The van der Waals surface area contributed by atoms with Crippen LogP contribution in [-0.2, 0) is 0 Å². The van der Waals surface area contributed by atoms with Gasteiger partial charge in [0.05, 0.1) is 16.9 Å². The molecule has 2 N–H and O–H groups in total. The molecule has 5 heterocycles. The van der Waals surface area contributed by atoms with Gasteiger partial charge in [-0.05, 0) is 55.8 Å². The number of nitrogens with zero attached hydrogens (tertiary/aromatic N) is 6. The summed E-state index contributed by atoms with van der Waals surface area (Å²) >= 11 is 0. The number of hydrogen-bond acceptors (Lipinski definition) is 8. The quantitative estimate of drug-likeness (QED) is 0.350. The molecule has 9 nitrogen and oxygen atoms in total. The first kappa shape index (κ1) is 23.6. The van der Waals surface area contributed by atoms with Crippen molar-refractivity contribution in [3.05, 3.63) is 78.4 Å². The fourth-order valence-electron chi connectivity index (χ4n) is 4.05. The molecule has 182 valence electrons. The lowest BCUT2D eigenvalue weighted by molar-refractivity contribution is 0.471. The van der Waals surface area contributed by atoms with Crippen molar-refractivity contribution in [1.82, 2.24) is 34.9 Å². The van der Waals surface area contributed by atoms with Gasteiger partial charge in [-0.2, -0.15) is 5.10 Å². The summed E-state index contributed by atoms with van der Waals surface area (Å²) in [4.78, 5) is 17.6. The average molecular weight is 505 g/mol. The van der Waals surface area contributed by atoms with Gasteiger partial charge in [-0.1, -0.05) is 6.08 Å². The van der Waals surface area contributed by atoms with Gasteiger partial charge in [-0.15, -0.1) is 12.4 Å². The molecule has 0 spiro atoms. The van der Waals surface area contributed by atoms with Gasteiger partial charge in [-0.25, -0.2) is 28.8 Å². The van der Waals surface area contributed by atoms with Crippen molar-refractivity contribution in [3.63, 3.8) is 0 Å². The summed E-state index contributed by atoms with van der Waals surface area (Å²) in [6.07, 6.45) is 7.67. The Morgan fingerprint density at radius 2 is 2.00 bits per heavy atom. The van der Waals surface area contributed by atoms with E-state index in [0.717, 1.165) is 25.2 Å². The maximum Gasteiger partial charge on any atom is 0.160 e. The Hall–Kier alpha value is -4.15. The van der Waals surface area contributed by atoms with Crippen LogP contribution in [0.3, 0.4) is 0 Å². The highest BCUT2D eigenvalue weighted by atomic mass is 35.5. The second-order valence-corrected chi connectivity index (χ2v) is 8.17. The van der Waals surface area contributed by atoms with Gasteiger partial charge in [0.2, 0.25) is 0 Å². The zero-order chi connectivity index (χ0) is 23.8. The van der Waals surface area contributed by atoms with E-state index in [4.69, 9.17) is 9.72 Å². The zero-order valence-corrected chi connectivity index (χ0v) is 20.1. The molecule has 0 bridgehead atoms. The third-order valence-corrected chi connectivity index (χ3v) is 5.94. The lowest BCUT2D eigenvalue weighted by Gasteiger charge is -2.15. The van der Waals surface area contributed by atoms with Crippen LogP contribution in [0.25, 0.3) is 22.3 Å². The number of ether oxygens (including phenoxy) is 1. The van der Waals surface area contributed by atoms with Crippen LogP contribution in [0.2, 0.25) is 0 Å². The zero-order valence-electron chi connectivity index (χ0n) is 19.3. The van der Waals surface area contributed by atoms with Crippen LogP contribution in [0.1, 0.15) is 17.7 Å². The van der Waals surface area contributed by atoms with Gasteiger partial charge in [0, 0.05) is 24.4 Å². The Bertz CT molecular complexity index is 1600. The Labute approximate surface area is 211 Å². The first-order valence-electron chi connectivity index (χ1n) is 11.2. The molecule has 0 saturated heterocycles. The molecule has 36 heavy (non-hydrogen) atoms. The maximum absolute atomic E-state index is 15.4. The Morgan fingerprint density at radius 3 is 2.86 bits per heavy atom. The predicted octanol–water partition coefficient (Wildman–Crippen LogP) is 4.85. The molecular formula is C25H22ClFN8O. The molecule has 0 amide bonds. The third kappa shape index (κ3) is 4.43. The standard InChI is InChI=1S/C25H21FN8O.ClH/c1-15-21(35-17-8-11-34-22(12-17)29-14-31-34)5-4-19(23(15)26)33-25-24-20(28-13-30-25)3-2-18(32-24)16-6-9-27-10-7-16;/h2-6,8,11-14,27H,7,9-10H2,1H3,(H,28,30,33);1H. The van der Waals surface area contributed by atoms with E-state index in [-0.39, 0.29) is 18.1 Å². The number of hydrogen-bond donors (Lipinski definition) is 2. The molecule has 1 aromatic carbocycles. The van der Waals surface area contributed by atoms with E-state index in [2.05, 4.69) is 36.8 Å². The summed E-state index contributed by atoms with van der Waals surface area (Å²) in [6.45, 7) is 3.40. The minimum atomic E-state index is -0.435. The summed E-state index contributed by atoms with van der Waals surface area (Å²) in [5.74, 6) is 0.952. The van der Waals surface area contributed by atoms with Crippen molar-refractivity contribution in [2.24, 2.45) is 0 Å². The van der Waals surface area contributed by atoms with Gasteiger partial charge in [0.1, 0.15) is 29.7 Å². The predicted molar refractivity (Wildman–Crippen MR) is 138 cm³/mol. The second kappa shape index (κ2) is 9.84.